The van der Waals surface area contributed by atoms with Crippen LogP contribution in [0.4, 0.5) is 5.69 Å². The maximum absolute atomic E-state index is 12.2. The van der Waals surface area contributed by atoms with Crippen LogP contribution in [0, 0.1) is 0 Å². The number of fused-ring (bicyclic) bond motifs is 1. The number of aromatic nitrogens is 1. The van der Waals surface area contributed by atoms with E-state index in [1.165, 1.54) is 0 Å². The zero-order valence-electron chi connectivity index (χ0n) is 11.6. The first-order chi connectivity index (χ1) is 10.3. The van der Waals surface area contributed by atoms with Gasteiger partial charge in [-0.05, 0) is 24.3 Å². The van der Waals surface area contributed by atoms with Crippen LogP contribution in [0.2, 0.25) is 0 Å². The Labute approximate surface area is 122 Å². The fourth-order valence-electron chi connectivity index (χ4n) is 2.17. The van der Waals surface area contributed by atoms with Gasteiger partial charge < -0.3 is 15.1 Å². The first-order valence-electron chi connectivity index (χ1n) is 6.66. The van der Waals surface area contributed by atoms with Crippen molar-refractivity contribution in [2.24, 2.45) is 0 Å². The monoisotopic (exact) mass is 281 g/mol. The van der Waals surface area contributed by atoms with Gasteiger partial charge in [-0.15, -0.1) is 0 Å². The third-order valence-corrected chi connectivity index (χ3v) is 3.22. The molecule has 5 heteroatoms. The van der Waals surface area contributed by atoms with Gasteiger partial charge in [0.25, 0.3) is 5.91 Å². The lowest BCUT2D eigenvalue weighted by atomic mass is 10.1. The van der Waals surface area contributed by atoms with Gasteiger partial charge >= 0.3 is 0 Å². The minimum atomic E-state index is -0.228. The van der Waals surface area contributed by atoms with Crippen LogP contribution >= 0.6 is 0 Å². The third kappa shape index (κ3) is 2.72. The fourth-order valence-corrected chi connectivity index (χ4v) is 2.17. The highest BCUT2D eigenvalue weighted by Gasteiger charge is 2.11. The summed E-state index contributed by atoms with van der Waals surface area (Å²) in [6, 6.07) is 13.1. The summed E-state index contributed by atoms with van der Waals surface area (Å²) >= 11 is 0. The molecule has 0 radical (unpaired) electrons. The minimum Gasteiger partial charge on any atom is -0.467 e. The predicted molar refractivity (Wildman–Crippen MR) is 81.2 cm³/mol. The number of carbonyl (C=O) groups excluding carboxylic acids is 1. The molecular weight excluding hydrogens is 266 g/mol. The molecule has 0 aliphatic carbocycles. The summed E-state index contributed by atoms with van der Waals surface area (Å²) in [5.74, 6) is 0.478. The largest absolute Gasteiger partial charge is 0.467 e. The van der Waals surface area contributed by atoms with E-state index in [0.29, 0.717) is 18.0 Å². The van der Waals surface area contributed by atoms with Crippen molar-refractivity contribution < 1.29 is 9.21 Å². The van der Waals surface area contributed by atoms with Crippen LogP contribution in [-0.2, 0) is 6.54 Å². The quantitative estimate of drug-likeness (QED) is 0.771. The molecule has 21 heavy (non-hydrogen) atoms. The van der Waals surface area contributed by atoms with Crippen molar-refractivity contribution in [1.29, 1.82) is 0 Å². The lowest BCUT2D eigenvalue weighted by Crippen LogP contribution is -2.23. The van der Waals surface area contributed by atoms with Crippen LogP contribution in [0.5, 0.6) is 0 Å². The Morgan fingerprint density at radius 1 is 1.24 bits per heavy atom. The van der Waals surface area contributed by atoms with Crippen LogP contribution < -0.4 is 10.6 Å². The van der Waals surface area contributed by atoms with Crippen LogP contribution in [0.15, 0.2) is 53.1 Å². The molecule has 106 valence electrons. The summed E-state index contributed by atoms with van der Waals surface area (Å²) in [5, 5.41) is 6.88. The molecule has 0 atom stereocenters. The van der Waals surface area contributed by atoms with E-state index in [-0.39, 0.29) is 5.91 Å². The first kappa shape index (κ1) is 13.2. The average Bonchev–Trinajstić information content (AvgIpc) is 3.04. The molecule has 2 heterocycles. The summed E-state index contributed by atoms with van der Waals surface area (Å²) in [6.07, 6.45) is 1.58. The van der Waals surface area contributed by atoms with E-state index in [2.05, 4.69) is 15.6 Å². The Hall–Kier alpha value is -2.82. The number of hydrogen-bond acceptors (Lipinski definition) is 4. The molecule has 5 nitrogen and oxygen atoms in total. The summed E-state index contributed by atoms with van der Waals surface area (Å²) in [6.45, 7) is 0.342. The fraction of sp³-hybridized carbons (Fsp3) is 0.125. The van der Waals surface area contributed by atoms with Crippen molar-refractivity contribution in [1.82, 2.24) is 10.3 Å². The number of nitrogens with zero attached hydrogens (tertiary/aromatic N) is 1. The molecule has 3 rings (SSSR count). The number of amides is 1. The first-order valence-corrected chi connectivity index (χ1v) is 6.66. The number of furan rings is 1. The highest BCUT2D eigenvalue weighted by atomic mass is 16.3. The molecular formula is C16H15N3O2. The van der Waals surface area contributed by atoms with E-state index >= 15 is 0 Å². The number of anilines is 1. The molecule has 2 N–H and O–H groups in total. The number of nitrogens with one attached hydrogen (secondary N) is 2. The van der Waals surface area contributed by atoms with Crippen molar-refractivity contribution in [2.45, 2.75) is 6.54 Å². The van der Waals surface area contributed by atoms with Crippen LogP contribution in [-0.4, -0.2) is 17.9 Å². The Morgan fingerprint density at radius 2 is 2.10 bits per heavy atom. The smallest absolute Gasteiger partial charge is 0.270 e. The van der Waals surface area contributed by atoms with E-state index < -0.39 is 0 Å². The highest BCUT2D eigenvalue weighted by molar-refractivity contribution is 5.99. The number of hydrogen-bond donors (Lipinski definition) is 2. The molecule has 0 fully saturated rings. The summed E-state index contributed by atoms with van der Waals surface area (Å²) in [7, 11) is 1.83. The number of pyridine rings is 1. The Morgan fingerprint density at radius 3 is 2.86 bits per heavy atom. The Balaban J connectivity index is 1.87. The average molecular weight is 281 g/mol. The van der Waals surface area contributed by atoms with Gasteiger partial charge in [-0.1, -0.05) is 18.2 Å². The molecule has 1 aromatic carbocycles. The van der Waals surface area contributed by atoms with Crippen molar-refractivity contribution in [3.8, 4) is 0 Å². The van der Waals surface area contributed by atoms with E-state index in [0.717, 1.165) is 16.6 Å². The van der Waals surface area contributed by atoms with Crippen molar-refractivity contribution in [3.05, 3.63) is 60.2 Å². The van der Waals surface area contributed by atoms with Gasteiger partial charge in [0.05, 0.1) is 18.3 Å². The van der Waals surface area contributed by atoms with Crippen LogP contribution in [0.1, 0.15) is 16.2 Å². The standard InChI is InChI=1S/C16H15N3O2/c1-17-14-9-15(19-13-7-3-2-6-12(13)14)16(20)18-10-11-5-4-8-21-11/h2-9H,10H2,1H3,(H,17,19)(H,18,20). The van der Waals surface area contributed by atoms with Gasteiger partial charge in [0, 0.05) is 18.1 Å². The predicted octanol–water partition coefficient (Wildman–Crippen LogP) is 2.80. The second-order valence-electron chi connectivity index (χ2n) is 4.58. The molecule has 0 bridgehead atoms. The molecule has 3 aromatic rings. The molecule has 0 spiro atoms. The maximum Gasteiger partial charge on any atom is 0.270 e. The molecule has 0 aliphatic heterocycles. The number of carbonyl (C=O) groups is 1. The van der Waals surface area contributed by atoms with E-state index in [4.69, 9.17) is 4.42 Å². The van der Waals surface area contributed by atoms with Crippen LogP contribution in [0.3, 0.4) is 0 Å². The second kappa shape index (κ2) is 5.66. The summed E-state index contributed by atoms with van der Waals surface area (Å²) in [5.41, 5.74) is 2.04. The lowest BCUT2D eigenvalue weighted by molar-refractivity contribution is 0.0943. The molecule has 0 unspecified atom stereocenters. The third-order valence-electron chi connectivity index (χ3n) is 3.22. The zero-order chi connectivity index (χ0) is 14.7. The van der Waals surface area contributed by atoms with Crippen molar-refractivity contribution in [3.63, 3.8) is 0 Å². The van der Waals surface area contributed by atoms with Crippen LogP contribution in [0.25, 0.3) is 10.9 Å². The summed E-state index contributed by atoms with van der Waals surface area (Å²) in [4.78, 5) is 16.6. The number of benzene rings is 1. The van der Waals surface area contributed by atoms with Crippen molar-refractivity contribution >= 4 is 22.5 Å². The molecule has 0 aliphatic rings. The molecule has 0 saturated carbocycles. The summed E-state index contributed by atoms with van der Waals surface area (Å²) < 4.78 is 5.19. The van der Waals surface area contributed by atoms with Gasteiger partial charge in [0.1, 0.15) is 11.5 Å². The normalized spacial score (nSPS) is 10.5. The minimum absolute atomic E-state index is 0.228. The molecule has 2 aromatic heterocycles. The lowest BCUT2D eigenvalue weighted by Gasteiger charge is -2.09. The molecule has 0 saturated heterocycles. The zero-order valence-corrected chi connectivity index (χ0v) is 11.6. The SMILES string of the molecule is CNc1cc(C(=O)NCc2ccco2)nc2ccccc12. The van der Waals surface area contributed by atoms with Gasteiger partial charge in [0.2, 0.25) is 0 Å². The number of para-hydroxylation sites is 1. The van der Waals surface area contributed by atoms with E-state index in [1.54, 1.807) is 18.4 Å². The highest BCUT2D eigenvalue weighted by Crippen LogP contribution is 2.22. The maximum atomic E-state index is 12.2. The van der Waals surface area contributed by atoms with Crippen molar-refractivity contribution in [2.75, 3.05) is 12.4 Å². The van der Waals surface area contributed by atoms with E-state index in [9.17, 15) is 4.79 Å². The second-order valence-corrected chi connectivity index (χ2v) is 4.58. The topological polar surface area (TPSA) is 67.2 Å². The molecule has 1 amide bonds. The van der Waals surface area contributed by atoms with E-state index in [1.807, 2.05) is 37.4 Å². The van der Waals surface area contributed by atoms with Gasteiger partial charge in [-0.25, -0.2) is 4.98 Å². The van der Waals surface area contributed by atoms with Gasteiger partial charge in [-0.2, -0.15) is 0 Å². The Bertz CT molecular complexity index is 766. The Kier molecular flexibility index (Phi) is 3.55. The number of rotatable bonds is 4. The van der Waals surface area contributed by atoms with Gasteiger partial charge in [-0.3, -0.25) is 4.79 Å². The van der Waals surface area contributed by atoms with Gasteiger partial charge in [0.15, 0.2) is 0 Å².